The molecule has 0 amide bonds. The number of aliphatic hydroxyl groups excluding tert-OH is 1. The Morgan fingerprint density at radius 3 is 1.83 bits per heavy atom. The van der Waals surface area contributed by atoms with Gasteiger partial charge in [-0.15, -0.1) is 0 Å². The van der Waals surface area contributed by atoms with Gasteiger partial charge in [-0.2, -0.15) is 0 Å². The minimum absolute atomic E-state index is 0.140. The average molecular weight is 164 g/mol. The second-order valence-electron chi connectivity index (χ2n) is 2.31. The Kier molecular flexibility index (Phi) is 7.30. The lowest BCUT2D eigenvalue weighted by Gasteiger charge is -1.89. The number of hydrogen-bond donors (Lipinski definition) is 1. The summed E-state index contributed by atoms with van der Waals surface area (Å²) >= 11 is 0. The Balaban J connectivity index is 0.000000261. The van der Waals surface area contributed by atoms with Crippen LogP contribution in [-0.2, 0) is 6.61 Å². The van der Waals surface area contributed by atoms with Crippen molar-refractivity contribution < 1.29 is 5.11 Å². The lowest BCUT2D eigenvalue weighted by atomic mass is 10.2. The molecule has 1 nitrogen and oxygen atoms in total. The van der Waals surface area contributed by atoms with E-state index >= 15 is 0 Å². The number of hydrogen-bond acceptors (Lipinski definition) is 1. The first-order valence-corrected chi connectivity index (χ1v) is 4.07. The minimum Gasteiger partial charge on any atom is -0.392 e. The van der Waals surface area contributed by atoms with Crippen molar-refractivity contribution in [2.24, 2.45) is 0 Å². The molecule has 1 aromatic rings. The van der Waals surface area contributed by atoms with Gasteiger partial charge in [0.1, 0.15) is 0 Å². The highest BCUT2D eigenvalue weighted by molar-refractivity contribution is 5.12. The number of rotatable bonds is 1. The van der Waals surface area contributed by atoms with Crippen molar-refractivity contribution in [1.82, 2.24) is 0 Å². The Labute approximate surface area is 74.4 Å². The van der Waals surface area contributed by atoms with Gasteiger partial charge in [0.15, 0.2) is 0 Å². The molecule has 0 fully saturated rings. The number of allylic oxidation sites excluding steroid dienone is 2. The SMILES string of the molecule is C/C=C/C.OCc1ccccc1. The van der Waals surface area contributed by atoms with Gasteiger partial charge >= 0.3 is 0 Å². The first-order chi connectivity index (χ1) is 5.85. The number of benzene rings is 1. The van der Waals surface area contributed by atoms with Gasteiger partial charge in [-0.3, -0.25) is 0 Å². The number of aliphatic hydroxyl groups is 1. The molecular formula is C11H16O. The first-order valence-electron chi connectivity index (χ1n) is 4.07. The van der Waals surface area contributed by atoms with Gasteiger partial charge in [0, 0.05) is 0 Å². The molecule has 0 aliphatic heterocycles. The molecule has 1 rings (SSSR count). The largest absolute Gasteiger partial charge is 0.392 e. The molecule has 0 aromatic heterocycles. The van der Waals surface area contributed by atoms with Crippen molar-refractivity contribution in [3.63, 3.8) is 0 Å². The van der Waals surface area contributed by atoms with E-state index in [-0.39, 0.29) is 6.61 Å². The third-order valence-electron chi connectivity index (χ3n) is 1.36. The van der Waals surface area contributed by atoms with Gasteiger partial charge in [0.25, 0.3) is 0 Å². The maximum atomic E-state index is 8.54. The maximum absolute atomic E-state index is 8.54. The van der Waals surface area contributed by atoms with E-state index in [2.05, 4.69) is 0 Å². The Bertz CT molecular complexity index is 198. The van der Waals surface area contributed by atoms with E-state index in [0.29, 0.717) is 0 Å². The van der Waals surface area contributed by atoms with Crippen LogP contribution in [0.15, 0.2) is 42.5 Å². The van der Waals surface area contributed by atoms with Crippen molar-refractivity contribution in [3.8, 4) is 0 Å². The summed E-state index contributed by atoms with van der Waals surface area (Å²) in [6.07, 6.45) is 4.00. The van der Waals surface area contributed by atoms with Crippen molar-refractivity contribution in [2.45, 2.75) is 20.5 Å². The Morgan fingerprint density at radius 1 is 1.08 bits per heavy atom. The van der Waals surface area contributed by atoms with Crippen LogP contribution in [0, 0.1) is 0 Å². The fourth-order valence-corrected chi connectivity index (χ4v) is 0.583. The highest BCUT2D eigenvalue weighted by atomic mass is 16.3. The van der Waals surface area contributed by atoms with Gasteiger partial charge in [0.05, 0.1) is 6.61 Å². The van der Waals surface area contributed by atoms with Gasteiger partial charge < -0.3 is 5.11 Å². The summed E-state index contributed by atoms with van der Waals surface area (Å²) in [5.74, 6) is 0. The fourth-order valence-electron chi connectivity index (χ4n) is 0.583. The van der Waals surface area contributed by atoms with Crippen LogP contribution in [0.3, 0.4) is 0 Å². The molecule has 0 unspecified atom stereocenters. The molecular weight excluding hydrogens is 148 g/mol. The lowest BCUT2D eigenvalue weighted by Crippen LogP contribution is -1.77. The van der Waals surface area contributed by atoms with Crippen LogP contribution in [-0.4, -0.2) is 5.11 Å². The Morgan fingerprint density at radius 2 is 1.58 bits per heavy atom. The van der Waals surface area contributed by atoms with Crippen LogP contribution in [0.5, 0.6) is 0 Å². The van der Waals surface area contributed by atoms with Crippen LogP contribution < -0.4 is 0 Å². The topological polar surface area (TPSA) is 20.2 Å². The standard InChI is InChI=1S/C7H8O.C4H8/c8-6-7-4-2-1-3-5-7;1-3-4-2/h1-5,8H,6H2;3-4H,1-2H3/b;4-3+. The highest BCUT2D eigenvalue weighted by Gasteiger charge is 1.81. The first kappa shape index (κ1) is 10.9. The quantitative estimate of drug-likeness (QED) is 0.633. The third kappa shape index (κ3) is 5.69. The van der Waals surface area contributed by atoms with Gasteiger partial charge in [-0.1, -0.05) is 42.5 Å². The third-order valence-corrected chi connectivity index (χ3v) is 1.36. The van der Waals surface area contributed by atoms with Crippen molar-refractivity contribution >= 4 is 0 Å². The van der Waals surface area contributed by atoms with E-state index in [9.17, 15) is 0 Å². The van der Waals surface area contributed by atoms with Gasteiger partial charge in [-0.05, 0) is 19.4 Å². The molecule has 1 N–H and O–H groups in total. The van der Waals surface area contributed by atoms with E-state index in [4.69, 9.17) is 5.11 Å². The molecule has 0 heterocycles. The van der Waals surface area contributed by atoms with Crippen molar-refractivity contribution in [2.75, 3.05) is 0 Å². The van der Waals surface area contributed by atoms with Crippen LogP contribution in [0.2, 0.25) is 0 Å². The zero-order chi connectivity index (χ0) is 9.23. The summed E-state index contributed by atoms with van der Waals surface area (Å²) in [4.78, 5) is 0. The van der Waals surface area contributed by atoms with E-state index < -0.39 is 0 Å². The predicted molar refractivity (Wildman–Crippen MR) is 52.9 cm³/mol. The maximum Gasteiger partial charge on any atom is 0.0681 e. The lowest BCUT2D eigenvalue weighted by molar-refractivity contribution is 0.282. The van der Waals surface area contributed by atoms with E-state index in [0.717, 1.165) is 5.56 Å². The molecule has 0 saturated heterocycles. The second-order valence-corrected chi connectivity index (χ2v) is 2.31. The average Bonchev–Trinajstić information content (AvgIpc) is 2.19. The molecule has 0 spiro atoms. The van der Waals surface area contributed by atoms with E-state index in [1.165, 1.54) is 0 Å². The van der Waals surface area contributed by atoms with Crippen LogP contribution in [0.25, 0.3) is 0 Å². The Hall–Kier alpha value is -1.08. The normalized spacial score (nSPS) is 9.25. The zero-order valence-electron chi connectivity index (χ0n) is 7.70. The van der Waals surface area contributed by atoms with Crippen molar-refractivity contribution in [1.29, 1.82) is 0 Å². The van der Waals surface area contributed by atoms with E-state index in [1.807, 2.05) is 56.3 Å². The van der Waals surface area contributed by atoms with Crippen LogP contribution in [0.4, 0.5) is 0 Å². The summed E-state index contributed by atoms with van der Waals surface area (Å²) in [7, 11) is 0. The fraction of sp³-hybridized carbons (Fsp3) is 0.273. The monoisotopic (exact) mass is 164 g/mol. The molecule has 0 bridgehead atoms. The summed E-state index contributed by atoms with van der Waals surface area (Å²) in [5, 5.41) is 8.54. The van der Waals surface area contributed by atoms with Gasteiger partial charge in [-0.25, -0.2) is 0 Å². The molecule has 0 saturated carbocycles. The van der Waals surface area contributed by atoms with Crippen molar-refractivity contribution in [3.05, 3.63) is 48.0 Å². The summed E-state index contributed by atoms with van der Waals surface area (Å²) in [5.41, 5.74) is 0.965. The second kappa shape index (κ2) is 8.02. The molecule has 0 aliphatic rings. The zero-order valence-corrected chi connectivity index (χ0v) is 7.70. The summed E-state index contributed by atoms with van der Waals surface area (Å²) in [6, 6.07) is 9.52. The molecule has 1 aromatic carbocycles. The smallest absolute Gasteiger partial charge is 0.0681 e. The van der Waals surface area contributed by atoms with E-state index in [1.54, 1.807) is 0 Å². The molecule has 0 radical (unpaired) electrons. The molecule has 0 aliphatic carbocycles. The summed E-state index contributed by atoms with van der Waals surface area (Å²) in [6.45, 7) is 4.14. The predicted octanol–water partition coefficient (Wildman–Crippen LogP) is 2.76. The molecule has 66 valence electrons. The summed E-state index contributed by atoms with van der Waals surface area (Å²) < 4.78 is 0. The highest BCUT2D eigenvalue weighted by Crippen LogP contribution is 1.95. The molecule has 12 heavy (non-hydrogen) atoms. The van der Waals surface area contributed by atoms with Gasteiger partial charge in [0.2, 0.25) is 0 Å². The van der Waals surface area contributed by atoms with Crippen LogP contribution in [0.1, 0.15) is 19.4 Å². The molecule has 0 atom stereocenters. The minimum atomic E-state index is 0.140. The molecule has 1 heteroatoms. The van der Waals surface area contributed by atoms with Crippen LogP contribution >= 0.6 is 0 Å².